The molecule has 2 rings (SSSR count). The topological polar surface area (TPSA) is 49.8 Å². The normalized spacial score (nSPS) is 9.93. The summed E-state index contributed by atoms with van der Waals surface area (Å²) in [5.41, 5.74) is 1.36. The minimum absolute atomic E-state index is 0.0304. The number of rotatable bonds is 1. The predicted molar refractivity (Wildman–Crippen MR) is 51.3 cm³/mol. The first kappa shape index (κ1) is 9.41. The van der Waals surface area contributed by atoms with E-state index in [1.165, 1.54) is 24.6 Å². The molecule has 0 aliphatic rings. The number of nitrogens with zero attached hydrogens (tertiary/aromatic N) is 2. The zero-order chi connectivity index (χ0) is 10.8. The molecule has 0 fully saturated rings. The maximum Gasteiger partial charge on any atom is 0.226 e. The largest absolute Gasteiger partial charge is 0.445 e. The van der Waals surface area contributed by atoms with Gasteiger partial charge in [-0.25, -0.2) is 9.37 Å². The minimum atomic E-state index is -0.559. The lowest BCUT2D eigenvalue weighted by atomic mass is 10.1. The number of oxazole rings is 1. The number of hydrogen-bond acceptors (Lipinski definition) is 3. The molecule has 0 amide bonds. The molecule has 0 saturated carbocycles. The Hall–Kier alpha value is -2.15. The average Bonchev–Trinajstić information content (AvgIpc) is 2.74. The lowest BCUT2D eigenvalue weighted by molar-refractivity contribution is 0.571. The molecular formula is C11H7FN2O. The summed E-state index contributed by atoms with van der Waals surface area (Å²) in [4.78, 5) is 3.93. The first-order valence-corrected chi connectivity index (χ1v) is 4.32. The molecule has 0 N–H and O–H groups in total. The highest BCUT2D eigenvalue weighted by Gasteiger charge is 2.11. The van der Waals surface area contributed by atoms with Crippen LogP contribution in [0.3, 0.4) is 0 Å². The summed E-state index contributed by atoms with van der Waals surface area (Å²) in [6.07, 6.45) is 2.91. The summed E-state index contributed by atoms with van der Waals surface area (Å²) in [5.74, 6) is -0.202. The van der Waals surface area contributed by atoms with Crippen LogP contribution in [-0.4, -0.2) is 4.98 Å². The van der Waals surface area contributed by atoms with Crippen LogP contribution < -0.4 is 0 Å². The number of aromatic nitrogens is 1. The van der Waals surface area contributed by atoms with Gasteiger partial charge in [0.1, 0.15) is 18.1 Å². The lowest BCUT2D eigenvalue weighted by Gasteiger charge is -2.02. The van der Waals surface area contributed by atoms with E-state index in [0.29, 0.717) is 11.5 Å². The van der Waals surface area contributed by atoms with E-state index in [1.54, 1.807) is 13.0 Å². The molecule has 2 aromatic rings. The molecule has 0 aliphatic carbocycles. The first-order valence-electron chi connectivity index (χ1n) is 4.32. The second-order valence-electron chi connectivity index (χ2n) is 3.10. The maximum absolute atomic E-state index is 13.3. The van der Waals surface area contributed by atoms with Crippen LogP contribution in [0.4, 0.5) is 4.39 Å². The molecule has 0 unspecified atom stereocenters. The zero-order valence-electron chi connectivity index (χ0n) is 7.99. The van der Waals surface area contributed by atoms with Crippen molar-refractivity contribution in [3.8, 4) is 17.5 Å². The van der Waals surface area contributed by atoms with E-state index >= 15 is 0 Å². The van der Waals surface area contributed by atoms with Gasteiger partial charge in [0.25, 0.3) is 0 Å². The molecule has 1 heterocycles. The second-order valence-corrected chi connectivity index (χ2v) is 3.10. The predicted octanol–water partition coefficient (Wildman–Crippen LogP) is 2.66. The Morgan fingerprint density at radius 2 is 2.27 bits per heavy atom. The first-order chi connectivity index (χ1) is 7.22. The van der Waals surface area contributed by atoms with Gasteiger partial charge in [-0.15, -0.1) is 0 Å². The van der Waals surface area contributed by atoms with Gasteiger partial charge in [0, 0.05) is 5.56 Å². The van der Waals surface area contributed by atoms with Crippen molar-refractivity contribution in [3.63, 3.8) is 0 Å². The number of aryl methyl sites for hydroxylation is 1. The number of benzene rings is 1. The third-order valence-electron chi connectivity index (χ3n) is 2.10. The Kier molecular flexibility index (Phi) is 2.22. The summed E-state index contributed by atoms with van der Waals surface area (Å²) >= 11 is 0. The van der Waals surface area contributed by atoms with E-state index in [9.17, 15) is 4.39 Å². The van der Waals surface area contributed by atoms with Crippen molar-refractivity contribution >= 4 is 0 Å². The fraction of sp³-hybridized carbons (Fsp3) is 0.0909. The van der Waals surface area contributed by atoms with Gasteiger partial charge < -0.3 is 4.42 Å². The molecule has 1 aromatic heterocycles. The van der Waals surface area contributed by atoms with Crippen LogP contribution in [0.15, 0.2) is 29.0 Å². The van der Waals surface area contributed by atoms with Gasteiger partial charge in [-0.2, -0.15) is 5.26 Å². The zero-order valence-corrected chi connectivity index (χ0v) is 7.99. The van der Waals surface area contributed by atoms with Crippen molar-refractivity contribution in [3.05, 3.63) is 41.5 Å². The van der Waals surface area contributed by atoms with Crippen LogP contribution in [0.25, 0.3) is 11.5 Å². The van der Waals surface area contributed by atoms with Crippen molar-refractivity contribution in [2.24, 2.45) is 0 Å². The van der Waals surface area contributed by atoms with E-state index in [0.717, 1.165) is 5.56 Å². The molecule has 1 aromatic carbocycles. The third kappa shape index (κ3) is 1.59. The summed E-state index contributed by atoms with van der Waals surface area (Å²) in [5, 5.41) is 8.64. The van der Waals surface area contributed by atoms with E-state index < -0.39 is 5.82 Å². The molecule has 3 nitrogen and oxygen atoms in total. The van der Waals surface area contributed by atoms with Gasteiger partial charge in [0.2, 0.25) is 5.89 Å². The molecule has 4 heteroatoms. The SMILES string of the molecule is Cc1cc(C#N)c(F)cc1-c1ncco1. The van der Waals surface area contributed by atoms with Gasteiger partial charge in [-0.1, -0.05) is 0 Å². The molecular weight excluding hydrogens is 195 g/mol. The van der Waals surface area contributed by atoms with Gasteiger partial charge in [-0.3, -0.25) is 0 Å². The quantitative estimate of drug-likeness (QED) is 0.714. The third-order valence-corrected chi connectivity index (χ3v) is 2.10. The number of nitriles is 1. The Bertz CT molecular complexity index is 526. The summed E-state index contributed by atoms with van der Waals surface area (Å²) in [6.45, 7) is 1.78. The van der Waals surface area contributed by atoms with Gasteiger partial charge >= 0.3 is 0 Å². The van der Waals surface area contributed by atoms with E-state index in [2.05, 4.69) is 4.98 Å². The highest BCUT2D eigenvalue weighted by Crippen LogP contribution is 2.24. The molecule has 0 aliphatic heterocycles. The van der Waals surface area contributed by atoms with E-state index in [4.69, 9.17) is 9.68 Å². The Morgan fingerprint density at radius 3 is 2.87 bits per heavy atom. The summed E-state index contributed by atoms with van der Waals surface area (Å²) < 4.78 is 18.4. The highest BCUT2D eigenvalue weighted by atomic mass is 19.1. The van der Waals surface area contributed by atoms with Gasteiger partial charge in [-0.05, 0) is 24.6 Å². The molecule has 0 saturated heterocycles. The molecule has 15 heavy (non-hydrogen) atoms. The monoisotopic (exact) mass is 202 g/mol. The van der Waals surface area contributed by atoms with Crippen LogP contribution in [0.2, 0.25) is 0 Å². The van der Waals surface area contributed by atoms with Gasteiger partial charge in [0.15, 0.2) is 0 Å². The fourth-order valence-electron chi connectivity index (χ4n) is 1.35. The Labute approximate surface area is 85.8 Å². The summed E-state index contributed by atoms with van der Waals surface area (Å²) in [7, 11) is 0. The Balaban J connectivity index is 2.61. The van der Waals surface area contributed by atoms with Crippen LogP contribution in [-0.2, 0) is 0 Å². The van der Waals surface area contributed by atoms with Crippen LogP contribution >= 0.6 is 0 Å². The molecule has 0 atom stereocenters. The second kappa shape index (κ2) is 3.54. The maximum atomic E-state index is 13.3. The van der Waals surface area contributed by atoms with E-state index in [1.807, 2.05) is 0 Å². The van der Waals surface area contributed by atoms with Crippen LogP contribution in [0, 0.1) is 24.1 Å². The molecule has 74 valence electrons. The van der Waals surface area contributed by atoms with Gasteiger partial charge in [0.05, 0.1) is 11.8 Å². The Morgan fingerprint density at radius 1 is 1.47 bits per heavy atom. The molecule has 0 spiro atoms. The molecule has 0 bridgehead atoms. The summed E-state index contributed by atoms with van der Waals surface area (Å²) in [6, 6.07) is 4.53. The van der Waals surface area contributed by atoms with Crippen molar-refractivity contribution in [2.45, 2.75) is 6.92 Å². The molecule has 0 radical (unpaired) electrons. The van der Waals surface area contributed by atoms with E-state index in [-0.39, 0.29) is 5.56 Å². The van der Waals surface area contributed by atoms with Crippen LogP contribution in [0.5, 0.6) is 0 Å². The standard InChI is InChI=1S/C11H7FN2O/c1-7-4-8(6-13)10(12)5-9(7)11-14-2-3-15-11/h2-5H,1H3. The average molecular weight is 202 g/mol. The number of hydrogen-bond donors (Lipinski definition) is 0. The highest BCUT2D eigenvalue weighted by molar-refractivity contribution is 5.60. The van der Waals surface area contributed by atoms with Crippen molar-refractivity contribution in [1.82, 2.24) is 4.98 Å². The minimum Gasteiger partial charge on any atom is -0.445 e. The van der Waals surface area contributed by atoms with Crippen molar-refractivity contribution in [1.29, 1.82) is 5.26 Å². The smallest absolute Gasteiger partial charge is 0.226 e. The number of halogens is 1. The lowest BCUT2D eigenvalue weighted by Crippen LogP contribution is -1.90. The van der Waals surface area contributed by atoms with Crippen molar-refractivity contribution in [2.75, 3.05) is 0 Å². The van der Waals surface area contributed by atoms with Crippen molar-refractivity contribution < 1.29 is 8.81 Å². The fourth-order valence-corrected chi connectivity index (χ4v) is 1.35. The van der Waals surface area contributed by atoms with Crippen LogP contribution in [0.1, 0.15) is 11.1 Å².